The van der Waals surface area contributed by atoms with Gasteiger partial charge < -0.3 is 10.1 Å². The van der Waals surface area contributed by atoms with Crippen molar-refractivity contribution in [2.45, 2.75) is 51.1 Å². The summed E-state index contributed by atoms with van der Waals surface area (Å²) in [5, 5.41) is 2.69. The van der Waals surface area contributed by atoms with E-state index in [0.717, 1.165) is 12.8 Å². The van der Waals surface area contributed by atoms with Crippen molar-refractivity contribution in [3.63, 3.8) is 0 Å². The Balaban J connectivity index is 3.74. The number of amides is 1. The summed E-state index contributed by atoms with van der Waals surface area (Å²) < 4.78 is 5.07. The van der Waals surface area contributed by atoms with Gasteiger partial charge in [-0.15, -0.1) is 0 Å². The topological polar surface area (TPSA) is 38.3 Å². The van der Waals surface area contributed by atoms with Crippen LogP contribution in [0.3, 0.4) is 0 Å². The quantitative estimate of drug-likeness (QED) is 0.619. The summed E-state index contributed by atoms with van der Waals surface area (Å²) in [4.78, 5) is 11.2. The number of carbonyl (C=O) groups is 1. The minimum Gasteiger partial charge on any atom is -0.444 e. The van der Waals surface area contributed by atoms with Crippen molar-refractivity contribution in [2.75, 3.05) is 0 Å². The molecule has 0 saturated carbocycles. The van der Waals surface area contributed by atoms with Crippen molar-refractivity contribution < 1.29 is 9.53 Å². The maximum absolute atomic E-state index is 11.2. The molecule has 1 N–H and O–H groups in total. The fraction of sp³-hybridized carbons (Fsp3) is 0.889. The third-order valence-electron chi connectivity index (χ3n) is 1.22. The van der Waals surface area contributed by atoms with Crippen molar-refractivity contribution in [3.8, 4) is 0 Å². The van der Waals surface area contributed by atoms with E-state index in [-0.39, 0.29) is 11.0 Å². The van der Waals surface area contributed by atoms with Crippen molar-refractivity contribution in [1.29, 1.82) is 0 Å². The van der Waals surface area contributed by atoms with E-state index in [1.807, 2.05) is 20.8 Å². The summed E-state index contributed by atoms with van der Waals surface area (Å²) >= 11 is 3.33. The standard InChI is InChI=1S/C9H18BrNO2/c1-5-6-7(10)11-8(12)13-9(2,3)4/h7H,5-6H2,1-4H3,(H,11,12). The maximum atomic E-state index is 11.2. The molecule has 4 heteroatoms. The van der Waals surface area contributed by atoms with Gasteiger partial charge in [0.05, 0.1) is 4.95 Å². The largest absolute Gasteiger partial charge is 0.444 e. The molecule has 3 nitrogen and oxygen atoms in total. The summed E-state index contributed by atoms with van der Waals surface area (Å²) in [6.07, 6.45) is 1.55. The lowest BCUT2D eigenvalue weighted by Crippen LogP contribution is -2.36. The zero-order valence-corrected chi connectivity index (χ0v) is 10.3. The minimum atomic E-state index is -0.428. The molecule has 0 bridgehead atoms. The number of rotatable bonds is 3. The first-order valence-corrected chi connectivity index (χ1v) is 5.40. The zero-order valence-electron chi connectivity index (χ0n) is 8.69. The van der Waals surface area contributed by atoms with E-state index >= 15 is 0 Å². The second-order valence-corrected chi connectivity index (χ2v) is 5.01. The minimum absolute atomic E-state index is 0.00681. The molecule has 1 atom stereocenters. The van der Waals surface area contributed by atoms with Crippen LogP contribution in [-0.2, 0) is 4.74 Å². The molecular weight excluding hydrogens is 234 g/mol. The highest BCUT2D eigenvalue weighted by Gasteiger charge is 2.17. The van der Waals surface area contributed by atoms with Gasteiger partial charge in [-0.2, -0.15) is 0 Å². The number of halogens is 1. The van der Waals surface area contributed by atoms with Crippen LogP contribution in [0.2, 0.25) is 0 Å². The van der Waals surface area contributed by atoms with Gasteiger partial charge in [-0.3, -0.25) is 0 Å². The highest BCUT2D eigenvalue weighted by molar-refractivity contribution is 9.09. The molecule has 13 heavy (non-hydrogen) atoms. The molecule has 78 valence electrons. The van der Waals surface area contributed by atoms with Gasteiger partial charge in [0.2, 0.25) is 0 Å². The van der Waals surface area contributed by atoms with E-state index in [2.05, 4.69) is 28.2 Å². The normalized spacial score (nSPS) is 13.6. The molecule has 0 heterocycles. The van der Waals surface area contributed by atoms with E-state index in [9.17, 15) is 4.79 Å². The lowest BCUT2D eigenvalue weighted by atomic mass is 10.2. The van der Waals surface area contributed by atoms with Crippen LogP contribution in [0.5, 0.6) is 0 Å². The van der Waals surface area contributed by atoms with Crippen LogP contribution in [0.4, 0.5) is 4.79 Å². The second-order valence-electron chi connectivity index (χ2n) is 3.90. The van der Waals surface area contributed by atoms with Gasteiger partial charge >= 0.3 is 6.09 Å². The van der Waals surface area contributed by atoms with Gasteiger partial charge in [0.15, 0.2) is 0 Å². The maximum Gasteiger partial charge on any atom is 0.408 e. The van der Waals surface area contributed by atoms with Gasteiger partial charge in [0.1, 0.15) is 5.60 Å². The summed E-state index contributed by atoms with van der Waals surface area (Å²) in [5.41, 5.74) is -0.428. The van der Waals surface area contributed by atoms with Gasteiger partial charge in [-0.05, 0) is 27.2 Å². The van der Waals surface area contributed by atoms with Crippen LogP contribution < -0.4 is 5.32 Å². The molecule has 0 aliphatic rings. The van der Waals surface area contributed by atoms with Crippen LogP contribution >= 0.6 is 15.9 Å². The first kappa shape index (κ1) is 12.8. The molecule has 1 unspecified atom stereocenters. The number of nitrogens with one attached hydrogen (secondary N) is 1. The molecule has 0 spiro atoms. The van der Waals surface area contributed by atoms with Crippen LogP contribution in [0.25, 0.3) is 0 Å². The van der Waals surface area contributed by atoms with E-state index in [1.54, 1.807) is 0 Å². The van der Waals surface area contributed by atoms with Gasteiger partial charge in [-0.1, -0.05) is 29.3 Å². The lowest BCUT2D eigenvalue weighted by Gasteiger charge is -2.21. The lowest BCUT2D eigenvalue weighted by molar-refractivity contribution is 0.0522. The summed E-state index contributed by atoms with van der Waals surface area (Å²) in [7, 11) is 0. The molecular formula is C9H18BrNO2. The highest BCUT2D eigenvalue weighted by Crippen LogP contribution is 2.09. The van der Waals surface area contributed by atoms with Crippen LogP contribution in [0.15, 0.2) is 0 Å². The Hall–Kier alpha value is -0.250. The molecule has 0 rings (SSSR count). The van der Waals surface area contributed by atoms with Crippen molar-refractivity contribution in [1.82, 2.24) is 5.32 Å². The average molecular weight is 252 g/mol. The Morgan fingerprint density at radius 3 is 2.46 bits per heavy atom. The predicted molar refractivity (Wildman–Crippen MR) is 57.0 cm³/mol. The molecule has 1 amide bonds. The Morgan fingerprint density at radius 1 is 1.54 bits per heavy atom. The number of hydrogen-bond acceptors (Lipinski definition) is 2. The molecule has 0 saturated heterocycles. The first-order chi connectivity index (χ1) is 5.85. The fourth-order valence-corrected chi connectivity index (χ4v) is 1.41. The first-order valence-electron chi connectivity index (χ1n) is 4.48. The van der Waals surface area contributed by atoms with Gasteiger partial charge in [0, 0.05) is 0 Å². The molecule has 0 fully saturated rings. The number of alkyl carbamates (subject to hydrolysis) is 1. The molecule has 0 aromatic rings. The number of hydrogen-bond donors (Lipinski definition) is 1. The fourth-order valence-electron chi connectivity index (χ4n) is 0.761. The summed E-state index contributed by atoms with van der Waals surface area (Å²) in [5.74, 6) is 0. The van der Waals surface area contributed by atoms with Crippen LogP contribution in [-0.4, -0.2) is 16.6 Å². The van der Waals surface area contributed by atoms with Crippen LogP contribution in [0.1, 0.15) is 40.5 Å². The SMILES string of the molecule is CCCC(Br)NC(=O)OC(C)(C)C. The highest BCUT2D eigenvalue weighted by atomic mass is 79.9. The number of ether oxygens (including phenoxy) is 1. The monoisotopic (exact) mass is 251 g/mol. The van der Waals surface area contributed by atoms with E-state index in [1.165, 1.54) is 0 Å². The van der Waals surface area contributed by atoms with Crippen molar-refractivity contribution >= 4 is 22.0 Å². The average Bonchev–Trinajstić information content (AvgIpc) is 1.81. The van der Waals surface area contributed by atoms with E-state index in [0.29, 0.717) is 0 Å². The second kappa shape index (κ2) is 5.47. The van der Waals surface area contributed by atoms with E-state index in [4.69, 9.17) is 4.74 Å². The molecule has 0 aromatic heterocycles. The Bertz CT molecular complexity index is 165. The molecule has 0 radical (unpaired) electrons. The Kier molecular flexibility index (Phi) is 5.37. The smallest absolute Gasteiger partial charge is 0.408 e. The molecule has 0 aliphatic heterocycles. The number of carbonyl (C=O) groups excluding carboxylic acids is 1. The molecule has 0 aliphatic carbocycles. The third-order valence-corrected chi connectivity index (χ3v) is 1.90. The van der Waals surface area contributed by atoms with Crippen molar-refractivity contribution in [2.24, 2.45) is 0 Å². The Morgan fingerprint density at radius 2 is 2.08 bits per heavy atom. The summed E-state index contributed by atoms with van der Waals surface area (Å²) in [6, 6.07) is 0. The van der Waals surface area contributed by atoms with Gasteiger partial charge in [-0.25, -0.2) is 4.79 Å². The summed E-state index contributed by atoms with van der Waals surface area (Å²) in [6.45, 7) is 7.59. The predicted octanol–water partition coefficient (Wildman–Crippen LogP) is 3.03. The molecule has 0 aromatic carbocycles. The van der Waals surface area contributed by atoms with Gasteiger partial charge in [0.25, 0.3) is 0 Å². The van der Waals surface area contributed by atoms with E-state index < -0.39 is 5.60 Å². The zero-order chi connectivity index (χ0) is 10.5. The van der Waals surface area contributed by atoms with Crippen molar-refractivity contribution in [3.05, 3.63) is 0 Å². The Labute approximate surface area is 88.4 Å². The number of alkyl halides is 1. The third kappa shape index (κ3) is 8.09. The van der Waals surface area contributed by atoms with Crippen LogP contribution in [0, 0.1) is 0 Å².